The maximum Gasteiger partial charge on any atom is 0.316 e. The topological polar surface area (TPSA) is 55.1 Å². The fraction of sp³-hybridized carbons (Fsp3) is 0.167. The van der Waals surface area contributed by atoms with Gasteiger partial charge in [-0.15, -0.1) is 0 Å². The molecule has 0 aromatic rings. The molecular formula is C6H10N2O. The molecular weight excluding hydrogens is 116 g/mol. The van der Waals surface area contributed by atoms with Gasteiger partial charge in [0, 0.05) is 6.20 Å². The van der Waals surface area contributed by atoms with Crippen LogP contribution in [0.25, 0.3) is 0 Å². The van der Waals surface area contributed by atoms with E-state index in [0.717, 1.165) is 0 Å². The molecule has 50 valence electrons. The molecule has 0 fully saturated rings. The van der Waals surface area contributed by atoms with E-state index < -0.39 is 6.03 Å². The largest absolute Gasteiger partial charge is 0.351 e. The highest BCUT2D eigenvalue weighted by Gasteiger charge is 1.78. The smallest absolute Gasteiger partial charge is 0.316 e. The molecule has 0 unspecified atom stereocenters. The van der Waals surface area contributed by atoms with Gasteiger partial charge in [-0.25, -0.2) is 4.79 Å². The Morgan fingerprint density at radius 1 is 1.56 bits per heavy atom. The van der Waals surface area contributed by atoms with E-state index in [9.17, 15) is 4.79 Å². The quantitative estimate of drug-likeness (QED) is 0.527. The summed E-state index contributed by atoms with van der Waals surface area (Å²) in [4.78, 5) is 10.00. The van der Waals surface area contributed by atoms with Crippen LogP contribution < -0.4 is 11.1 Å². The summed E-state index contributed by atoms with van der Waals surface area (Å²) in [6.07, 6.45) is 6.79. The third kappa shape index (κ3) is 6.75. The third-order valence-electron chi connectivity index (χ3n) is 0.625. The first-order valence-electron chi connectivity index (χ1n) is 2.61. The van der Waals surface area contributed by atoms with E-state index in [0.29, 0.717) is 0 Å². The van der Waals surface area contributed by atoms with Crippen molar-refractivity contribution in [3.63, 3.8) is 0 Å². The third-order valence-corrected chi connectivity index (χ3v) is 0.625. The van der Waals surface area contributed by atoms with Crippen molar-refractivity contribution < 1.29 is 4.79 Å². The summed E-state index contributed by atoms with van der Waals surface area (Å²) < 4.78 is 0. The Labute approximate surface area is 54.2 Å². The molecule has 0 heterocycles. The van der Waals surface area contributed by atoms with Gasteiger partial charge in [0.1, 0.15) is 0 Å². The molecule has 0 spiro atoms. The Morgan fingerprint density at radius 3 is 2.67 bits per heavy atom. The fourth-order valence-electron chi connectivity index (χ4n) is 0.297. The van der Waals surface area contributed by atoms with Crippen LogP contribution in [0.1, 0.15) is 6.92 Å². The summed E-state index contributed by atoms with van der Waals surface area (Å²) in [5.41, 5.74) is 4.75. The number of rotatable bonds is 2. The van der Waals surface area contributed by atoms with E-state index in [-0.39, 0.29) is 0 Å². The summed E-state index contributed by atoms with van der Waals surface area (Å²) in [6.45, 7) is 1.88. The van der Waals surface area contributed by atoms with Gasteiger partial charge in [-0.05, 0) is 13.0 Å². The van der Waals surface area contributed by atoms with Crippen LogP contribution in [0.4, 0.5) is 4.79 Å². The first-order valence-corrected chi connectivity index (χ1v) is 2.61. The van der Waals surface area contributed by atoms with Gasteiger partial charge in [0.2, 0.25) is 0 Å². The number of nitrogens with one attached hydrogen (secondary N) is 1. The summed E-state index contributed by atoms with van der Waals surface area (Å²) in [7, 11) is 0. The Hall–Kier alpha value is -1.25. The highest BCUT2D eigenvalue weighted by molar-refractivity contribution is 5.72. The molecule has 0 saturated heterocycles. The molecule has 3 heteroatoms. The van der Waals surface area contributed by atoms with E-state index in [1.54, 1.807) is 12.2 Å². The SMILES string of the molecule is CC=CC=CNC(N)=O. The first kappa shape index (κ1) is 7.75. The van der Waals surface area contributed by atoms with Crippen LogP contribution in [0, 0.1) is 0 Å². The monoisotopic (exact) mass is 126 g/mol. The van der Waals surface area contributed by atoms with Crippen LogP contribution in [0.15, 0.2) is 24.4 Å². The van der Waals surface area contributed by atoms with Gasteiger partial charge in [-0.1, -0.05) is 12.2 Å². The second kappa shape index (κ2) is 4.90. The lowest BCUT2D eigenvalue weighted by atomic mass is 10.5. The van der Waals surface area contributed by atoms with E-state index in [1.807, 2.05) is 13.0 Å². The maximum absolute atomic E-state index is 10.00. The van der Waals surface area contributed by atoms with Gasteiger partial charge in [0.15, 0.2) is 0 Å². The lowest BCUT2D eigenvalue weighted by molar-refractivity contribution is 0.252. The molecule has 0 atom stereocenters. The molecule has 3 N–H and O–H groups in total. The van der Waals surface area contributed by atoms with E-state index in [4.69, 9.17) is 5.73 Å². The van der Waals surface area contributed by atoms with E-state index in [2.05, 4.69) is 5.32 Å². The Balaban J connectivity index is 3.36. The van der Waals surface area contributed by atoms with Gasteiger partial charge in [-0.3, -0.25) is 0 Å². The van der Waals surface area contributed by atoms with Gasteiger partial charge in [0.05, 0.1) is 0 Å². The number of amides is 2. The Bertz CT molecular complexity index is 138. The molecule has 0 radical (unpaired) electrons. The second-order valence-electron chi connectivity index (χ2n) is 1.39. The van der Waals surface area contributed by atoms with E-state index >= 15 is 0 Å². The van der Waals surface area contributed by atoms with Crippen molar-refractivity contribution in [2.75, 3.05) is 0 Å². The van der Waals surface area contributed by atoms with Crippen molar-refractivity contribution in [1.29, 1.82) is 0 Å². The molecule has 0 rings (SSSR count). The summed E-state index contributed by atoms with van der Waals surface area (Å²) >= 11 is 0. The van der Waals surface area contributed by atoms with Crippen LogP contribution in [-0.2, 0) is 0 Å². The predicted octanol–water partition coefficient (Wildman–Crippen LogP) is 0.745. The lowest BCUT2D eigenvalue weighted by Gasteiger charge is -1.86. The minimum atomic E-state index is -0.546. The van der Waals surface area contributed by atoms with Crippen molar-refractivity contribution in [3.8, 4) is 0 Å². The van der Waals surface area contributed by atoms with Crippen LogP contribution in [-0.4, -0.2) is 6.03 Å². The summed E-state index contributed by atoms with van der Waals surface area (Å²) in [5.74, 6) is 0. The minimum absolute atomic E-state index is 0.546. The average Bonchev–Trinajstić information content (AvgIpc) is 1.80. The van der Waals surface area contributed by atoms with Gasteiger partial charge in [0.25, 0.3) is 0 Å². The van der Waals surface area contributed by atoms with Crippen LogP contribution >= 0.6 is 0 Å². The first-order chi connectivity index (χ1) is 4.27. The zero-order valence-corrected chi connectivity index (χ0v) is 5.29. The highest BCUT2D eigenvalue weighted by Crippen LogP contribution is 1.71. The molecule has 2 amide bonds. The van der Waals surface area contributed by atoms with E-state index in [1.165, 1.54) is 6.20 Å². The molecule has 0 aromatic heterocycles. The van der Waals surface area contributed by atoms with Crippen molar-refractivity contribution in [2.24, 2.45) is 5.73 Å². The minimum Gasteiger partial charge on any atom is -0.351 e. The number of allylic oxidation sites excluding steroid dienone is 3. The van der Waals surface area contributed by atoms with Crippen LogP contribution in [0.2, 0.25) is 0 Å². The van der Waals surface area contributed by atoms with Gasteiger partial charge >= 0.3 is 6.03 Å². The number of carbonyl (C=O) groups is 1. The molecule has 0 aliphatic carbocycles. The molecule has 0 aromatic carbocycles. The zero-order valence-electron chi connectivity index (χ0n) is 5.29. The second-order valence-corrected chi connectivity index (χ2v) is 1.39. The number of nitrogens with two attached hydrogens (primary N) is 1. The number of hydrogen-bond donors (Lipinski definition) is 2. The number of carbonyl (C=O) groups excluding carboxylic acids is 1. The number of primary amides is 1. The van der Waals surface area contributed by atoms with Crippen molar-refractivity contribution >= 4 is 6.03 Å². The normalized spacial score (nSPS) is 10.8. The molecule has 9 heavy (non-hydrogen) atoms. The Kier molecular flexibility index (Phi) is 4.22. The van der Waals surface area contributed by atoms with Gasteiger partial charge < -0.3 is 11.1 Å². The molecule has 0 aliphatic rings. The summed E-state index contributed by atoms with van der Waals surface area (Å²) in [6, 6.07) is -0.546. The van der Waals surface area contributed by atoms with Crippen molar-refractivity contribution in [3.05, 3.63) is 24.4 Å². The van der Waals surface area contributed by atoms with Crippen molar-refractivity contribution in [2.45, 2.75) is 6.92 Å². The standard InChI is InChI=1S/C6H10N2O/c1-2-3-4-5-8-6(7)9/h2-5H,1H3,(H3,7,8,9). The zero-order chi connectivity index (χ0) is 7.11. The Morgan fingerprint density at radius 2 is 2.22 bits per heavy atom. The van der Waals surface area contributed by atoms with Crippen molar-refractivity contribution in [1.82, 2.24) is 5.32 Å². The number of urea groups is 1. The van der Waals surface area contributed by atoms with Crippen LogP contribution in [0.3, 0.4) is 0 Å². The number of hydrogen-bond acceptors (Lipinski definition) is 1. The summed E-state index contributed by atoms with van der Waals surface area (Å²) in [5, 5.41) is 2.29. The molecule has 0 bridgehead atoms. The highest BCUT2D eigenvalue weighted by atomic mass is 16.2. The van der Waals surface area contributed by atoms with Gasteiger partial charge in [-0.2, -0.15) is 0 Å². The van der Waals surface area contributed by atoms with Crippen LogP contribution in [0.5, 0.6) is 0 Å². The molecule has 0 aliphatic heterocycles. The lowest BCUT2D eigenvalue weighted by Crippen LogP contribution is -2.23. The average molecular weight is 126 g/mol. The fourth-order valence-corrected chi connectivity index (χ4v) is 0.297. The predicted molar refractivity (Wildman–Crippen MR) is 36.7 cm³/mol. The molecule has 0 saturated carbocycles. The maximum atomic E-state index is 10.00. The molecule has 3 nitrogen and oxygen atoms in total.